The number of rotatable bonds is 2. The monoisotopic (exact) mass is 276 g/mol. The highest BCUT2D eigenvalue weighted by Crippen LogP contribution is 2.17. The second-order valence-corrected chi connectivity index (χ2v) is 5.32. The van der Waals surface area contributed by atoms with Crippen molar-refractivity contribution in [2.75, 3.05) is 0 Å². The molecule has 1 fully saturated rings. The summed E-state index contributed by atoms with van der Waals surface area (Å²) in [5, 5.41) is 2.97. The largest absolute Gasteiger partial charge is 0.348 e. The lowest BCUT2D eigenvalue weighted by Gasteiger charge is -2.26. The first kappa shape index (κ1) is 13.1. The molecule has 2 heterocycles. The number of hydrogen-bond acceptors (Lipinski definition) is 3. The van der Waals surface area contributed by atoms with E-state index in [0.717, 1.165) is 25.7 Å². The summed E-state index contributed by atoms with van der Waals surface area (Å²) in [6, 6.07) is 3.28. The molecule has 1 aliphatic carbocycles. The molecule has 2 aromatic heterocycles. The molecule has 1 aliphatic rings. The number of aromatic nitrogens is 2. The molecule has 1 amide bonds. The van der Waals surface area contributed by atoms with Gasteiger partial charge in [0.25, 0.3) is 5.91 Å². The number of fused-ring (bicyclic) bond motifs is 1. The van der Waals surface area contributed by atoms with Gasteiger partial charge in [0.2, 0.25) is 0 Å². The highest BCUT2D eigenvalue weighted by atomic mass is 19.1. The second-order valence-electron chi connectivity index (χ2n) is 5.32. The van der Waals surface area contributed by atoms with Crippen molar-refractivity contribution in [3.8, 4) is 0 Å². The van der Waals surface area contributed by atoms with E-state index < -0.39 is 0 Å². The predicted molar refractivity (Wildman–Crippen MR) is 72.8 cm³/mol. The molecule has 0 aliphatic heterocycles. The number of imidazole rings is 1. The van der Waals surface area contributed by atoms with Crippen LogP contribution in [-0.4, -0.2) is 27.4 Å². The molecule has 6 heteroatoms. The fourth-order valence-corrected chi connectivity index (χ4v) is 2.60. The van der Waals surface area contributed by atoms with Gasteiger partial charge < -0.3 is 15.5 Å². The number of nitrogens with two attached hydrogens (primary N) is 1. The first-order chi connectivity index (χ1) is 9.61. The third-order valence-electron chi connectivity index (χ3n) is 3.75. The first-order valence-electron chi connectivity index (χ1n) is 6.82. The summed E-state index contributed by atoms with van der Waals surface area (Å²) in [6.45, 7) is 0. The fourth-order valence-electron chi connectivity index (χ4n) is 2.60. The molecule has 20 heavy (non-hydrogen) atoms. The number of nitrogens with zero attached hydrogens (tertiary/aromatic N) is 2. The molecular formula is C14H17FN4O. The van der Waals surface area contributed by atoms with Crippen molar-refractivity contribution in [2.24, 2.45) is 5.73 Å². The van der Waals surface area contributed by atoms with Gasteiger partial charge in [-0.1, -0.05) is 0 Å². The molecule has 0 radical (unpaired) electrons. The van der Waals surface area contributed by atoms with Crippen LogP contribution in [0, 0.1) is 5.82 Å². The van der Waals surface area contributed by atoms with Crippen molar-refractivity contribution in [1.82, 2.24) is 14.7 Å². The summed E-state index contributed by atoms with van der Waals surface area (Å²) in [5.41, 5.74) is 6.71. The molecule has 0 unspecified atom stereocenters. The van der Waals surface area contributed by atoms with Gasteiger partial charge in [0.05, 0.1) is 0 Å². The molecule has 0 spiro atoms. The van der Waals surface area contributed by atoms with E-state index in [-0.39, 0.29) is 23.8 Å². The summed E-state index contributed by atoms with van der Waals surface area (Å²) < 4.78 is 14.6. The number of amides is 1. The molecule has 5 nitrogen and oxygen atoms in total. The van der Waals surface area contributed by atoms with Gasteiger partial charge in [-0.05, 0) is 37.8 Å². The molecule has 0 atom stereocenters. The molecule has 1 saturated carbocycles. The Morgan fingerprint density at radius 3 is 2.80 bits per heavy atom. The van der Waals surface area contributed by atoms with Crippen molar-refractivity contribution >= 4 is 11.6 Å². The van der Waals surface area contributed by atoms with Crippen LogP contribution in [0.25, 0.3) is 5.65 Å². The van der Waals surface area contributed by atoms with Crippen molar-refractivity contribution in [3.63, 3.8) is 0 Å². The minimum atomic E-state index is -0.358. The lowest BCUT2D eigenvalue weighted by atomic mass is 9.92. The lowest BCUT2D eigenvalue weighted by molar-refractivity contribution is 0.0921. The highest BCUT2D eigenvalue weighted by Gasteiger charge is 2.21. The Kier molecular flexibility index (Phi) is 3.40. The zero-order valence-electron chi connectivity index (χ0n) is 11.1. The average molecular weight is 276 g/mol. The summed E-state index contributed by atoms with van der Waals surface area (Å²) in [5.74, 6) is -0.572. The highest BCUT2D eigenvalue weighted by molar-refractivity contribution is 5.93. The van der Waals surface area contributed by atoms with Crippen LogP contribution in [0.1, 0.15) is 36.2 Å². The third kappa shape index (κ3) is 2.65. The quantitative estimate of drug-likeness (QED) is 0.872. The van der Waals surface area contributed by atoms with Crippen LogP contribution in [-0.2, 0) is 0 Å². The number of pyridine rings is 1. The zero-order chi connectivity index (χ0) is 14.1. The number of halogens is 1. The second kappa shape index (κ2) is 5.20. The van der Waals surface area contributed by atoms with Crippen molar-refractivity contribution in [1.29, 1.82) is 0 Å². The van der Waals surface area contributed by atoms with E-state index in [0.29, 0.717) is 11.3 Å². The van der Waals surface area contributed by atoms with E-state index in [1.165, 1.54) is 16.7 Å². The number of carbonyl (C=O) groups excluding carboxylic acids is 1. The minimum Gasteiger partial charge on any atom is -0.348 e. The van der Waals surface area contributed by atoms with Gasteiger partial charge in [0.1, 0.15) is 17.2 Å². The van der Waals surface area contributed by atoms with Gasteiger partial charge in [-0.3, -0.25) is 4.79 Å². The topological polar surface area (TPSA) is 72.4 Å². The van der Waals surface area contributed by atoms with Crippen LogP contribution in [0.3, 0.4) is 0 Å². The Hall–Kier alpha value is -1.95. The van der Waals surface area contributed by atoms with Gasteiger partial charge in [-0.25, -0.2) is 9.37 Å². The summed E-state index contributed by atoms with van der Waals surface area (Å²) in [4.78, 5) is 16.3. The number of hydrogen-bond donors (Lipinski definition) is 2. The van der Waals surface area contributed by atoms with Crippen molar-refractivity contribution in [3.05, 3.63) is 36.0 Å². The standard InChI is InChI=1S/C14H17FN4O/c15-9-1-6-13-18-12(8-19(13)7-9)14(20)17-11-4-2-10(16)3-5-11/h1,6-8,10-11H,2-5,16H2,(H,17,20). The molecule has 3 N–H and O–H groups in total. The van der Waals surface area contributed by atoms with Gasteiger partial charge in [-0.15, -0.1) is 0 Å². The Morgan fingerprint density at radius 2 is 2.05 bits per heavy atom. The van der Waals surface area contributed by atoms with Crippen molar-refractivity contribution in [2.45, 2.75) is 37.8 Å². The maximum Gasteiger partial charge on any atom is 0.271 e. The van der Waals surface area contributed by atoms with E-state index in [1.54, 1.807) is 12.3 Å². The predicted octanol–water partition coefficient (Wildman–Crippen LogP) is 1.47. The van der Waals surface area contributed by atoms with E-state index in [1.807, 2.05) is 0 Å². The molecule has 0 aromatic carbocycles. The Balaban J connectivity index is 1.72. The van der Waals surface area contributed by atoms with E-state index in [4.69, 9.17) is 5.73 Å². The number of nitrogens with one attached hydrogen (secondary N) is 1. The van der Waals surface area contributed by atoms with Crippen molar-refractivity contribution < 1.29 is 9.18 Å². The molecule has 106 valence electrons. The van der Waals surface area contributed by atoms with Gasteiger partial charge in [-0.2, -0.15) is 0 Å². The van der Waals surface area contributed by atoms with Crippen LogP contribution in [0.4, 0.5) is 4.39 Å². The molecular weight excluding hydrogens is 259 g/mol. The van der Waals surface area contributed by atoms with Crippen LogP contribution in [0.5, 0.6) is 0 Å². The minimum absolute atomic E-state index is 0.156. The molecule has 0 saturated heterocycles. The Bertz CT molecular complexity index is 631. The van der Waals surface area contributed by atoms with Crippen LogP contribution < -0.4 is 11.1 Å². The van der Waals surface area contributed by atoms with E-state index >= 15 is 0 Å². The Labute approximate surface area is 116 Å². The lowest BCUT2D eigenvalue weighted by Crippen LogP contribution is -2.40. The van der Waals surface area contributed by atoms with Gasteiger partial charge in [0, 0.05) is 24.5 Å². The molecule has 3 rings (SSSR count). The fraction of sp³-hybridized carbons (Fsp3) is 0.429. The summed E-state index contributed by atoms with van der Waals surface area (Å²) in [7, 11) is 0. The van der Waals surface area contributed by atoms with Gasteiger partial charge >= 0.3 is 0 Å². The van der Waals surface area contributed by atoms with Crippen LogP contribution >= 0.6 is 0 Å². The van der Waals surface area contributed by atoms with Gasteiger partial charge in [0.15, 0.2) is 0 Å². The maximum absolute atomic E-state index is 13.1. The zero-order valence-corrected chi connectivity index (χ0v) is 11.1. The number of carbonyl (C=O) groups is 1. The molecule has 0 bridgehead atoms. The smallest absolute Gasteiger partial charge is 0.271 e. The normalized spacial score (nSPS) is 22.9. The third-order valence-corrected chi connectivity index (χ3v) is 3.75. The summed E-state index contributed by atoms with van der Waals surface area (Å²) >= 11 is 0. The van der Waals surface area contributed by atoms with Crippen LogP contribution in [0.15, 0.2) is 24.5 Å². The Morgan fingerprint density at radius 1 is 1.30 bits per heavy atom. The first-order valence-corrected chi connectivity index (χ1v) is 6.82. The van der Waals surface area contributed by atoms with Crippen LogP contribution in [0.2, 0.25) is 0 Å². The summed E-state index contributed by atoms with van der Waals surface area (Å²) in [6.07, 6.45) is 6.51. The average Bonchev–Trinajstić information content (AvgIpc) is 2.84. The molecule has 2 aromatic rings. The maximum atomic E-state index is 13.1. The SMILES string of the molecule is NC1CCC(NC(=O)c2cn3cc(F)ccc3n2)CC1. The van der Waals surface area contributed by atoms with E-state index in [2.05, 4.69) is 10.3 Å². The van der Waals surface area contributed by atoms with E-state index in [9.17, 15) is 9.18 Å².